The zero-order chi connectivity index (χ0) is 22.0. The number of rotatable bonds is 6. The molecule has 1 unspecified atom stereocenters. The van der Waals surface area contributed by atoms with Crippen molar-refractivity contribution < 1.29 is 8.42 Å². The Morgan fingerprint density at radius 3 is 2.70 bits per heavy atom. The van der Waals surface area contributed by atoms with Gasteiger partial charge in [0, 0.05) is 18.3 Å². The number of aliphatic imine (C=N–C) groups is 3. The highest BCUT2D eigenvalue weighted by Gasteiger charge is 2.10. The highest BCUT2D eigenvalue weighted by atomic mass is 32.2. The van der Waals surface area contributed by atoms with Crippen LogP contribution in [-0.2, 0) is 10.0 Å². The fourth-order valence-corrected chi connectivity index (χ4v) is 3.61. The second-order valence-corrected chi connectivity index (χ2v) is 8.93. The molecule has 1 aliphatic rings. The summed E-state index contributed by atoms with van der Waals surface area (Å²) in [5, 5.41) is 8.57. The predicted octanol–water partition coefficient (Wildman–Crippen LogP) is 2.20. The molecule has 2 rings (SSSR count). The minimum absolute atomic E-state index is 0.0301. The summed E-state index contributed by atoms with van der Waals surface area (Å²) in [6.45, 7) is 3.31. The van der Waals surface area contributed by atoms with E-state index in [-0.39, 0.29) is 4.90 Å². The summed E-state index contributed by atoms with van der Waals surface area (Å²) < 4.78 is 22.7. The molecule has 1 aromatic carbocycles. The Morgan fingerprint density at radius 1 is 1.30 bits per heavy atom. The van der Waals surface area contributed by atoms with Crippen molar-refractivity contribution in [2.45, 2.75) is 43.5 Å². The van der Waals surface area contributed by atoms with Gasteiger partial charge in [0.1, 0.15) is 11.7 Å². The van der Waals surface area contributed by atoms with Crippen LogP contribution in [0, 0.1) is 0 Å². The lowest BCUT2D eigenvalue weighted by Crippen LogP contribution is -2.37. The Kier molecular flexibility index (Phi) is 9.70. The van der Waals surface area contributed by atoms with Gasteiger partial charge in [-0.3, -0.25) is 4.99 Å². The molecule has 1 heterocycles. The van der Waals surface area contributed by atoms with Crippen molar-refractivity contribution in [3.63, 3.8) is 0 Å². The average molecular weight is 451 g/mol. The third-order valence-corrected chi connectivity index (χ3v) is 5.73. The number of sulfonamides is 1. The molecule has 0 aliphatic carbocycles. The molecule has 0 aromatic heterocycles. The van der Waals surface area contributed by atoms with Crippen molar-refractivity contribution in [3.05, 3.63) is 36.4 Å². The van der Waals surface area contributed by atoms with Gasteiger partial charge in [0.25, 0.3) is 0 Å². The van der Waals surface area contributed by atoms with Crippen LogP contribution in [0.3, 0.4) is 0 Å². The number of benzene rings is 1. The Balaban J connectivity index is 1.97. The van der Waals surface area contributed by atoms with Gasteiger partial charge < -0.3 is 11.1 Å². The van der Waals surface area contributed by atoms with Crippen molar-refractivity contribution in [1.82, 2.24) is 5.32 Å². The first-order chi connectivity index (χ1) is 14.3. The third kappa shape index (κ3) is 8.78. The molecular weight excluding hydrogens is 420 g/mol. The summed E-state index contributed by atoms with van der Waals surface area (Å²) in [6.07, 6.45) is 8.30. The first kappa shape index (κ1) is 24.3. The molecule has 0 bridgehead atoms. The largest absolute Gasteiger partial charge is 0.386 e. The molecule has 5 N–H and O–H groups in total. The number of thiol groups is 1. The van der Waals surface area contributed by atoms with Gasteiger partial charge >= 0.3 is 0 Å². The van der Waals surface area contributed by atoms with Gasteiger partial charge in [-0.05, 0) is 62.9 Å². The van der Waals surface area contributed by atoms with Crippen LogP contribution in [0.4, 0.5) is 5.69 Å². The second-order valence-electron chi connectivity index (χ2n) is 7.05. The molecule has 30 heavy (non-hydrogen) atoms. The molecule has 0 spiro atoms. The Bertz CT molecular complexity index is 921. The molecule has 10 heteroatoms. The lowest BCUT2D eigenvalue weighted by Gasteiger charge is -2.18. The molecule has 0 fully saturated rings. The molecule has 0 amide bonds. The molecule has 164 valence electrons. The highest BCUT2D eigenvalue weighted by Crippen LogP contribution is 2.16. The molecule has 1 atom stereocenters. The summed E-state index contributed by atoms with van der Waals surface area (Å²) in [7, 11) is -3.73. The summed E-state index contributed by atoms with van der Waals surface area (Å²) in [6, 6.07) is 6.27. The van der Waals surface area contributed by atoms with E-state index in [1.165, 1.54) is 12.1 Å². The van der Waals surface area contributed by atoms with E-state index in [0.717, 1.165) is 37.9 Å². The fraction of sp³-hybridized carbons (Fsp3) is 0.450. The molecule has 0 saturated carbocycles. The Hall–Kier alpha value is -2.01. The van der Waals surface area contributed by atoms with Gasteiger partial charge in [0.05, 0.1) is 22.9 Å². The average Bonchev–Trinajstić information content (AvgIpc) is 2.71. The lowest BCUT2D eigenvalue weighted by atomic mass is 10.0. The summed E-state index contributed by atoms with van der Waals surface area (Å²) in [4.78, 5) is 13.3. The van der Waals surface area contributed by atoms with E-state index in [1.54, 1.807) is 12.1 Å². The monoisotopic (exact) mass is 450 g/mol. The summed E-state index contributed by atoms with van der Waals surface area (Å²) in [5.41, 5.74) is 7.71. The van der Waals surface area contributed by atoms with Crippen molar-refractivity contribution in [2.24, 2.45) is 25.8 Å². The number of nitrogens with one attached hydrogen (secondary N) is 1. The van der Waals surface area contributed by atoms with Crippen LogP contribution in [-0.4, -0.2) is 50.7 Å². The number of hydrogen-bond acceptors (Lipinski definition) is 6. The molecule has 0 saturated heterocycles. The standard InChI is InChI=1S/C20H30N6O2S2/c1-15-5-2-3-6-16(7-4-12-23-15)24-13-19(21)26-20(14-29)25-17-8-10-18(11-9-17)30(22,27)28/h2,5,8-11,16,24,29H,3-4,6-7,12-14H2,1H3,(H2,21,25,26)(H2,22,27,28)/b5-2-,23-15?. The first-order valence-electron chi connectivity index (χ1n) is 9.83. The lowest BCUT2D eigenvalue weighted by molar-refractivity contribution is 0.469. The first-order valence-corrected chi connectivity index (χ1v) is 12.0. The van der Waals surface area contributed by atoms with E-state index in [0.29, 0.717) is 35.7 Å². The van der Waals surface area contributed by atoms with E-state index in [4.69, 9.17) is 10.9 Å². The third-order valence-electron chi connectivity index (χ3n) is 4.52. The van der Waals surface area contributed by atoms with Gasteiger partial charge in [-0.2, -0.15) is 12.6 Å². The van der Waals surface area contributed by atoms with Gasteiger partial charge in [-0.1, -0.05) is 6.08 Å². The number of allylic oxidation sites excluding steroid dienone is 2. The minimum atomic E-state index is -3.73. The van der Waals surface area contributed by atoms with Crippen LogP contribution in [0.5, 0.6) is 0 Å². The fourth-order valence-electron chi connectivity index (χ4n) is 2.95. The molecule has 8 nitrogen and oxygen atoms in total. The van der Waals surface area contributed by atoms with Crippen LogP contribution < -0.4 is 16.2 Å². The van der Waals surface area contributed by atoms with Crippen LogP contribution in [0.25, 0.3) is 0 Å². The molecule has 1 aromatic rings. The Labute approximate surface area is 184 Å². The predicted molar refractivity (Wildman–Crippen MR) is 128 cm³/mol. The van der Waals surface area contributed by atoms with E-state index in [1.807, 2.05) is 6.92 Å². The molecule has 1 aliphatic heterocycles. The second kappa shape index (κ2) is 12.0. The summed E-state index contributed by atoms with van der Waals surface area (Å²) >= 11 is 4.26. The van der Waals surface area contributed by atoms with E-state index >= 15 is 0 Å². The summed E-state index contributed by atoms with van der Waals surface area (Å²) in [5.74, 6) is 1.16. The van der Waals surface area contributed by atoms with Crippen LogP contribution >= 0.6 is 12.6 Å². The quantitative estimate of drug-likeness (QED) is 0.300. The van der Waals surface area contributed by atoms with Crippen molar-refractivity contribution in [2.75, 3.05) is 18.8 Å². The minimum Gasteiger partial charge on any atom is -0.386 e. The zero-order valence-corrected chi connectivity index (χ0v) is 18.9. The maximum atomic E-state index is 11.3. The Morgan fingerprint density at radius 2 is 2.03 bits per heavy atom. The van der Waals surface area contributed by atoms with Crippen LogP contribution in [0.1, 0.15) is 32.6 Å². The molecule has 0 radical (unpaired) electrons. The van der Waals surface area contributed by atoms with Crippen LogP contribution in [0.15, 0.2) is 56.3 Å². The van der Waals surface area contributed by atoms with Gasteiger partial charge in [-0.15, -0.1) is 0 Å². The van der Waals surface area contributed by atoms with Crippen molar-refractivity contribution in [3.8, 4) is 0 Å². The number of nitrogens with zero attached hydrogens (tertiary/aromatic N) is 3. The van der Waals surface area contributed by atoms with Crippen LogP contribution in [0.2, 0.25) is 0 Å². The molecular formula is C20H30N6O2S2. The zero-order valence-electron chi connectivity index (χ0n) is 17.2. The van der Waals surface area contributed by atoms with Gasteiger partial charge in [0.15, 0.2) is 0 Å². The van der Waals surface area contributed by atoms with E-state index in [2.05, 4.69) is 45.1 Å². The SMILES string of the molecule is CC1=NCCCC(NCC(N)=NC(CS)=Nc2ccc(S(N)(=O)=O)cc2)CC/C=C\1. The highest BCUT2D eigenvalue weighted by molar-refractivity contribution is 7.89. The maximum absolute atomic E-state index is 11.3. The number of hydrogen-bond donors (Lipinski definition) is 4. The number of nitrogens with two attached hydrogens (primary N) is 2. The number of primary sulfonamides is 1. The topological polar surface area (TPSA) is 135 Å². The maximum Gasteiger partial charge on any atom is 0.238 e. The van der Waals surface area contributed by atoms with E-state index in [9.17, 15) is 8.42 Å². The van der Waals surface area contributed by atoms with Crippen molar-refractivity contribution >= 4 is 45.7 Å². The van der Waals surface area contributed by atoms with Crippen molar-refractivity contribution in [1.29, 1.82) is 0 Å². The van der Waals surface area contributed by atoms with Gasteiger partial charge in [-0.25, -0.2) is 23.5 Å². The van der Waals surface area contributed by atoms with E-state index < -0.39 is 10.0 Å². The normalized spacial score (nSPS) is 20.5. The number of amidine groups is 2. The van der Waals surface area contributed by atoms with Gasteiger partial charge in [0.2, 0.25) is 10.0 Å². The smallest absolute Gasteiger partial charge is 0.238 e.